The summed E-state index contributed by atoms with van der Waals surface area (Å²) in [5, 5.41) is 0. The Balaban J connectivity index is 1.99. The second kappa shape index (κ2) is 6.90. The Bertz CT molecular complexity index is 464. The number of halogens is 1. The van der Waals surface area contributed by atoms with Gasteiger partial charge in [0.05, 0.1) is 12.7 Å². The fraction of sp³-hybridized carbons (Fsp3) is 0.250. The minimum absolute atomic E-state index is 0.173. The molecule has 2 aromatic rings. The molecular formula is C16H17IO. The molecule has 0 radical (unpaired) electrons. The van der Waals surface area contributed by atoms with Crippen LogP contribution in [0.4, 0.5) is 0 Å². The standard InChI is InChI=1S/C16H17IO/c1-13-7-9-15(10-8-13)16(11-17)18-12-14-5-3-2-4-6-14/h2-10,16H,11-12H2,1H3. The van der Waals surface area contributed by atoms with Crippen molar-refractivity contribution in [3.05, 3.63) is 71.3 Å². The molecule has 18 heavy (non-hydrogen) atoms. The van der Waals surface area contributed by atoms with Crippen LogP contribution in [0.2, 0.25) is 0 Å². The van der Waals surface area contributed by atoms with Gasteiger partial charge in [-0.1, -0.05) is 82.8 Å². The number of hydrogen-bond acceptors (Lipinski definition) is 1. The quantitative estimate of drug-likeness (QED) is 0.561. The summed E-state index contributed by atoms with van der Waals surface area (Å²) in [6, 6.07) is 18.9. The Kier molecular flexibility index (Phi) is 5.20. The number of benzene rings is 2. The van der Waals surface area contributed by atoms with Crippen LogP contribution in [-0.2, 0) is 11.3 Å². The van der Waals surface area contributed by atoms with Gasteiger partial charge in [0.1, 0.15) is 0 Å². The fourth-order valence-electron chi connectivity index (χ4n) is 1.78. The summed E-state index contributed by atoms with van der Waals surface area (Å²) < 4.78 is 6.96. The van der Waals surface area contributed by atoms with Crippen molar-refractivity contribution in [2.45, 2.75) is 19.6 Å². The van der Waals surface area contributed by atoms with Gasteiger partial charge in [0.25, 0.3) is 0 Å². The van der Waals surface area contributed by atoms with E-state index in [-0.39, 0.29) is 6.10 Å². The van der Waals surface area contributed by atoms with Crippen LogP contribution in [0.5, 0.6) is 0 Å². The van der Waals surface area contributed by atoms with E-state index in [2.05, 4.69) is 65.9 Å². The van der Waals surface area contributed by atoms with Gasteiger partial charge in [-0.05, 0) is 18.1 Å². The normalized spacial score (nSPS) is 12.3. The highest BCUT2D eigenvalue weighted by Crippen LogP contribution is 2.22. The molecule has 0 N–H and O–H groups in total. The Morgan fingerprint density at radius 3 is 2.28 bits per heavy atom. The molecule has 1 unspecified atom stereocenters. The van der Waals surface area contributed by atoms with Crippen LogP contribution < -0.4 is 0 Å². The molecule has 0 saturated carbocycles. The Labute approximate surface area is 122 Å². The first kappa shape index (κ1) is 13.6. The number of hydrogen-bond donors (Lipinski definition) is 0. The van der Waals surface area contributed by atoms with Gasteiger partial charge < -0.3 is 4.74 Å². The molecule has 2 heteroatoms. The molecule has 0 saturated heterocycles. The van der Waals surface area contributed by atoms with E-state index in [9.17, 15) is 0 Å². The zero-order chi connectivity index (χ0) is 12.8. The number of rotatable bonds is 5. The largest absolute Gasteiger partial charge is 0.368 e. The Hall–Kier alpha value is -0.870. The maximum Gasteiger partial charge on any atom is 0.0918 e. The molecule has 2 aromatic carbocycles. The first-order chi connectivity index (χ1) is 8.79. The molecule has 0 fully saturated rings. The number of aryl methyl sites for hydroxylation is 1. The molecule has 1 nitrogen and oxygen atoms in total. The van der Waals surface area contributed by atoms with E-state index >= 15 is 0 Å². The van der Waals surface area contributed by atoms with Crippen molar-refractivity contribution in [2.24, 2.45) is 0 Å². The summed E-state index contributed by atoms with van der Waals surface area (Å²) in [4.78, 5) is 0. The van der Waals surface area contributed by atoms with Gasteiger partial charge in [-0.3, -0.25) is 0 Å². The van der Waals surface area contributed by atoms with E-state index in [0.29, 0.717) is 6.61 Å². The molecule has 0 aromatic heterocycles. The summed E-state index contributed by atoms with van der Waals surface area (Å²) >= 11 is 2.38. The molecule has 0 amide bonds. The van der Waals surface area contributed by atoms with Crippen molar-refractivity contribution >= 4 is 22.6 Å². The summed E-state index contributed by atoms with van der Waals surface area (Å²) in [7, 11) is 0. The monoisotopic (exact) mass is 352 g/mol. The topological polar surface area (TPSA) is 9.23 Å². The molecule has 0 aliphatic rings. The molecule has 94 valence electrons. The summed E-state index contributed by atoms with van der Waals surface area (Å²) in [6.07, 6.45) is 0.173. The summed E-state index contributed by atoms with van der Waals surface area (Å²) in [5.41, 5.74) is 3.76. The van der Waals surface area contributed by atoms with E-state index in [0.717, 1.165) is 4.43 Å². The van der Waals surface area contributed by atoms with E-state index in [1.807, 2.05) is 18.2 Å². The van der Waals surface area contributed by atoms with Crippen molar-refractivity contribution in [2.75, 3.05) is 4.43 Å². The lowest BCUT2D eigenvalue weighted by Crippen LogP contribution is -2.05. The average Bonchev–Trinajstić information content (AvgIpc) is 2.42. The third kappa shape index (κ3) is 3.82. The Morgan fingerprint density at radius 1 is 1.00 bits per heavy atom. The highest BCUT2D eigenvalue weighted by atomic mass is 127. The van der Waals surface area contributed by atoms with Gasteiger partial charge in [0.2, 0.25) is 0 Å². The third-order valence-corrected chi connectivity index (χ3v) is 3.68. The first-order valence-electron chi connectivity index (χ1n) is 6.07. The van der Waals surface area contributed by atoms with Crippen molar-refractivity contribution < 1.29 is 4.74 Å². The highest BCUT2D eigenvalue weighted by molar-refractivity contribution is 14.1. The fourth-order valence-corrected chi connectivity index (χ4v) is 2.54. The van der Waals surface area contributed by atoms with Gasteiger partial charge in [-0.2, -0.15) is 0 Å². The molecule has 0 spiro atoms. The maximum absolute atomic E-state index is 6.00. The van der Waals surface area contributed by atoms with E-state index in [1.54, 1.807) is 0 Å². The number of ether oxygens (including phenoxy) is 1. The molecule has 1 atom stereocenters. The maximum atomic E-state index is 6.00. The second-order valence-corrected chi connectivity index (χ2v) is 5.23. The molecule has 0 heterocycles. The van der Waals surface area contributed by atoms with Gasteiger partial charge in [0.15, 0.2) is 0 Å². The predicted molar refractivity (Wildman–Crippen MR) is 84.0 cm³/mol. The SMILES string of the molecule is Cc1ccc(C(CI)OCc2ccccc2)cc1. The first-order valence-corrected chi connectivity index (χ1v) is 7.60. The Morgan fingerprint density at radius 2 is 1.67 bits per heavy atom. The average molecular weight is 352 g/mol. The molecular weight excluding hydrogens is 335 g/mol. The predicted octanol–water partition coefficient (Wildman–Crippen LogP) is 4.69. The third-order valence-electron chi connectivity index (χ3n) is 2.88. The van der Waals surface area contributed by atoms with Crippen molar-refractivity contribution in [1.82, 2.24) is 0 Å². The van der Waals surface area contributed by atoms with Crippen LogP contribution in [0.3, 0.4) is 0 Å². The van der Waals surface area contributed by atoms with E-state index in [1.165, 1.54) is 16.7 Å². The van der Waals surface area contributed by atoms with Gasteiger partial charge >= 0.3 is 0 Å². The minimum Gasteiger partial charge on any atom is -0.368 e. The van der Waals surface area contributed by atoms with Gasteiger partial charge in [0, 0.05) is 4.43 Å². The minimum atomic E-state index is 0.173. The zero-order valence-corrected chi connectivity index (χ0v) is 12.6. The lowest BCUT2D eigenvalue weighted by atomic mass is 10.1. The van der Waals surface area contributed by atoms with Crippen molar-refractivity contribution in [3.8, 4) is 0 Å². The van der Waals surface area contributed by atoms with Crippen LogP contribution in [0.15, 0.2) is 54.6 Å². The van der Waals surface area contributed by atoms with Gasteiger partial charge in [-0.15, -0.1) is 0 Å². The van der Waals surface area contributed by atoms with Crippen LogP contribution in [0.25, 0.3) is 0 Å². The lowest BCUT2D eigenvalue weighted by Gasteiger charge is -2.16. The summed E-state index contributed by atoms with van der Waals surface area (Å²) in [5.74, 6) is 0. The van der Waals surface area contributed by atoms with E-state index < -0.39 is 0 Å². The molecule has 2 rings (SSSR count). The van der Waals surface area contributed by atoms with Gasteiger partial charge in [-0.25, -0.2) is 0 Å². The summed E-state index contributed by atoms with van der Waals surface area (Å²) in [6.45, 7) is 2.77. The zero-order valence-electron chi connectivity index (χ0n) is 10.5. The molecule has 0 aliphatic heterocycles. The second-order valence-electron chi connectivity index (χ2n) is 4.35. The van der Waals surface area contributed by atoms with Crippen molar-refractivity contribution in [1.29, 1.82) is 0 Å². The van der Waals surface area contributed by atoms with Crippen molar-refractivity contribution in [3.63, 3.8) is 0 Å². The number of alkyl halides is 1. The van der Waals surface area contributed by atoms with Crippen LogP contribution >= 0.6 is 22.6 Å². The molecule has 0 aliphatic carbocycles. The van der Waals surface area contributed by atoms with E-state index in [4.69, 9.17) is 4.74 Å². The molecule has 0 bridgehead atoms. The van der Waals surface area contributed by atoms with Crippen LogP contribution in [-0.4, -0.2) is 4.43 Å². The van der Waals surface area contributed by atoms with Crippen LogP contribution in [0.1, 0.15) is 22.8 Å². The lowest BCUT2D eigenvalue weighted by molar-refractivity contribution is 0.0577. The smallest absolute Gasteiger partial charge is 0.0918 e. The van der Waals surface area contributed by atoms with Crippen LogP contribution in [0, 0.1) is 6.92 Å². The highest BCUT2D eigenvalue weighted by Gasteiger charge is 2.10.